The minimum atomic E-state index is -0.384. The van der Waals surface area contributed by atoms with Crippen LogP contribution in [0.5, 0.6) is 11.5 Å². The van der Waals surface area contributed by atoms with Crippen molar-refractivity contribution in [3.05, 3.63) is 53.6 Å². The molecule has 5 heteroatoms. The van der Waals surface area contributed by atoms with E-state index >= 15 is 0 Å². The largest absolute Gasteiger partial charge is 0.504 e. The molecule has 5 nitrogen and oxygen atoms in total. The number of hydrogen-bond acceptors (Lipinski definition) is 5. The van der Waals surface area contributed by atoms with Crippen molar-refractivity contribution < 1.29 is 19.4 Å². The lowest BCUT2D eigenvalue weighted by Gasteiger charge is -2.07. The number of hydrogen-bond donors (Lipinski definition) is 1. The predicted molar refractivity (Wildman–Crippen MR) is 88.9 cm³/mol. The molecule has 0 aromatic heterocycles. The topological polar surface area (TPSA) is 68.1 Å². The zero-order valence-corrected chi connectivity index (χ0v) is 13.2. The molecule has 0 fully saturated rings. The summed E-state index contributed by atoms with van der Waals surface area (Å²) >= 11 is 0. The molecule has 2 aromatic rings. The average Bonchev–Trinajstić information content (AvgIpc) is 2.56. The van der Waals surface area contributed by atoms with Crippen LogP contribution in [0.2, 0.25) is 0 Å². The van der Waals surface area contributed by atoms with Crippen molar-refractivity contribution in [2.75, 3.05) is 13.2 Å². The first-order chi connectivity index (χ1) is 11.2. The van der Waals surface area contributed by atoms with Crippen LogP contribution in [0.3, 0.4) is 0 Å². The molecule has 0 bridgehead atoms. The van der Waals surface area contributed by atoms with Gasteiger partial charge in [0.25, 0.3) is 0 Å². The fraction of sp³-hybridized carbons (Fsp3) is 0.222. The van der Waals surface area contributed by atoms with Crippen LogP contribution in [-0.4, -0.2) is 30.5 Å². The molecular weight excluding hydrogens is 294 g/mol. The maximum Gasteiger partial charge on any atom is 0.338 e. The van der Waals surface area contributed by atoms with E-state index in [1.165, 1.54) is 6.21 Å². The van der Waals surface area contributed by atoms with Crippen LogP contribution in [0, 0.1) is 0 Å². The highest BCUT2D eigenvalue weighted by molar-refractivity contribution is 5.91. The van der Waals surface area contributed by atoms with Gasteiger partial charge in [-0.1, -0.05) is 12.1 Å². The second-order valence-electron chi connectivity index (χ2n) is 4.66. The van der Waals surface area contributed by atoms with Gasteiger partial charge in [-0.15, -0.1) is 0 Å². The average molecular weight is 313 g/mol. The third-order valence-electron chi connectivity index (χ3n) is 3.04. The number of esters is 1. The maximum absolute atomic E-state index is 11.7. The second kappa shape index (κ2) is 7.98. The molecular formula is C18H19NO4. The second-order valence-corrected chi connectivity index (χ2v) is 4.66. The van der Waals surface area contributed by atoms with Crippen LogP contribution in [-0.2, 0) is 4.74 Å². The number of rotatable bonds is 6. The van der Waals surface area contributed by atoms with Gasteiger partial charge in [-0.2, -0.15) is 0 Å². The van der Waals surface area contributed by atoms with Gasteiger partial charge in [0, 0.05) is 11.8 Å². The van der Waals surface area contributed by atoms with Crippen LogP contribution in [0.4, 0.5) is 5.69 Å². The van der Waals surface area contributed by atoms with Gasteiger partial charge in [0.15, 0.2) is 11.5 Å². The Balaban J connectivity index is 2.22. The van der Waals surface area contributed by atoms with Crippen molar-refractivity contribution >= 4 is 17.9 Å². The molecule has 0 radical (unpaired) electrons. The quantitative estimate of drug-likeness (QED) is 0.652. The Bertz CT molecular complexity index is 710. The lowest BCUT2D eigenvalue weighted by molar-refractivity contribution is 0.0526. The third-order valence-corrected chi connectivity index (χ3v) is 3.04. The minimum Gasteiger partial charge on any atom is -0.504 e. The van der Waals surface area contributed by atoms with Crippen LogP contribution in [0.25, 0.3) is 0 Å². The Labute approximate surface area is 135 Å². The number of carbonyl (C=O) groups is 1. The molecule has 0 aliphatic heterocycles. The van der Waals surface area contributed by atoms with Gasteiger partial charge >= 0.3 is 5.97 Å². The molecule has 2 aromatic carbocycles. The summed E-state index contributed by atoms with van der Waals surface area (Å²) in [5.74, 6) is 0.0714. The van der Waals surface area contributed by atoms with Crippen molar-refractivity contribution in [2.24, 2.45) is 4.99 Å². The Kier molecular flexibility index (Phi) is 5.74. The van der Waals surface area contributed by atoms with Crippen molar-refractivity contribution in [3.63, 3.8) is 0 Å². The molecule has 2 rings (SSSR count). The number of phenolic OH excluding ortho intramolecular Hbond substituents is 1. The van der Waals surface area contributed by atoms with Crippen molar-refractivity contribution in [1.29, 1.82) is 0 Å². The molecule has 0 atom stereocenters. The van der Waals surface area contributed by atoms with Gasteiger partial charge in [-0.3, -0.25) is 4.99 Å². The third kappa shape index (κ3) is 4.32. The number of phenols is 1. The number of aromatic hydroxyl groups is 1. The van der Waals surface area contributed by atoms with Gasteiger partial charge in [-0.25, -0.2) is 4.79 Å². The Hall–Kier alpha value is -2.82. The summed E-state index contributed by atoms with van der Waals surface area (Å²) < 4.78 is 10.3. The van der Waals surface area contributed by atoms with E-state index in [-0.39, 0.29) is 11.7 Å². The van der Waals surface area contributed by atoms with Crippen LogP contribution >= 0.6 is 0 Å². The first kappa shape index (κ1) is 16.5. The van der Waals surface area contributed by atoms with Crippen LogP contribution < -0.4 is 4.74 Å². The number of para-hydroxylation sites is 1. The van der Waals surface area contributed by atoms with Gasteiger partial charge in [0.05, 0.1) is 24.5 Å². The van der Waals surface area contributed by atoms with E-state index in [2.05, 4.69) is 4.99 Å². The zero-order chi connectivity index (χ0) is 16.7. The highest BCUT2D eigenvalue weighted by Crippen LogP contribution is 2.29. The summed E-state index contributed by atoms with van der Waals surface area (Å²) in [7, 11) is 0. The summed E-state index contributed by atoms with van der Waals surface area (Å²) in [6, 6.07) is 12.0. The first-order valence-corrected chi connectivity index (χ1v) is 7.41. The SMILES string of the molecule is CCOC(=O)c1cccc(N=Cc2cccc(OCC)c2O)c1. The Morgan fingerprint density at radius 3 is 2.70 bits per heavy atom. The highest BCUT2D eigenvalue weighted by Gasteiger charge is 2.07. The van der Waals surface area contributed by atoms with E-state index in [1.807, 2.05) is 6.92 Å². The highest BCUT2D eigenvalue weighted by atomic mass is 16.5. The molecule has 0 heterocycles. The van der Waals surface area contributed by atoms with E-state index < -0.39 is 0 Å². The van der Waals surface area contributed by atoms with E-state index in [9.17, 15) is 9.90 Å². The minimum absolute atomic E-state index is 0.0413. The molecule has 0 spiro atoms. The maximum atomic E-state index is 11.7. The molecule has 0 saturated heterocycles. The van der Waals surface area contributed by atoms with Gasteiger partial charge in [0.2, 0.25) is 0 Å². The zero-order valence-electron chi connectivity index (χ0n) is 13.2. The van der Waals surface area contributed by atoms with Crippen LogP contribution in [0.1, 0.15) is 29.8 Å². The molecule has 0 aliphatic rings. The summed E-state index contributed by atoms with van der Waals surface area (Å²) in [5.41, 5.74) is 1.57. The summed E-state index contributed by atoms with van der Waals surface area (Å²) in [6.07, 6.45) is 1.53. The molecule has 0 unspecified atom stereocenters. The number of ether oxygens (including phenoxy) is 2. The summed E-state index contributed by atoms with van der Waals surface area (Å²) in [5, 5.41) is 10.1. The van der Waals surface area contributed by atoms with Crippen molar-refractivity contribution in [3.8, 4) is 11.5 Å². The summed E-state index contributed by atoms with van der Waals surface area (Å²) in [6.45, 7) is 4.40. The Morgan fingerprint density at radius 2 is 1.96 bits per heavy atom. The standard InChI is InChI=1S/C18H19NO4/c1-3-22-16-10-6-8-14(17(16)20)12-19-15-9-5-7-13(11-15)18(21)23-4-2/h5-12,20H,3-4H2,1-2H3. The molecule has 120 valence electrons. The van der Waals surface area contributed by atoms with Crippen LogP contribution in [0.15, 0.2) is 47.5 Å². The molecule has 1 N–H and O–H groups in total. The van der Waals surface area contributed by atoms with E-state index in [0.717, 1.165) is 0 Å². The molecule has 0 saturated carbocycles. The van der Waals surface area contributed by atoms with Crippen molar-refractivity contribution in [2.45, 2.75) is 13.8 Å². The lowest BCUT2D eigenvalue weighted by Crippen LogP contribution is -2.03. The van der Waals surface area contributed by atoms with E-state index in [1.54, 1.807) is 49.4 Å². The fourth-order valence-electron chi connectivity index (χ4n) is 1.99. The van der Waals surface area contributed by atoms with E-state index in [0.29, 0.717) is 35.8 Å². The fourth-order valence-corrected chi connectivity index (χ4v) is 1.99. The van der Waals surface area contributed by atoms with Crippen molar-refractivity contribution in [1.82, 2.24) is 0 Å². The number of aliphatic imine (C=N–C) groups is 1. The van der Waals surface area contributed by atoms with Gasteiger partial charge < -0.3 is 14.6 Å². The smallest absolute Gasteiger partial charge is 0.338 e. The molecule has 0 amide bonds. The Morgan fingerprint density at radius 1 is 1.17 bits per heavy atom. The summed E-state index contributed by atoms with van der Waals surface area (Å²) in [4.78, 5) is 16.0. The molecule has 23 heavy (non-hydrogen) atoms. The number of benzene rings is 2. The number of carbonyl (C=O) groups excluding carboxylic acids is 1. The number of nitrogens with zero attached hydrogens (tertiary/aromatic N) is 1. The normalized spacial score (nSPS) is 10.7. The predicted octanol–water partition coefficient (Wildman–Crippen LogP) is 3.72. The van der Waals surface area contributed by atoms with Gasteiger partial charge in [0.1, 0.15) is 0 Å². The monoisotopic (exact) mass is 313 g/mol. The van der Waals surface area contributed by atoms with E-state index in [4.69, 9.17) is 9.47 Å². The lowest BCUT2D eigenvalue weighted by atomic mass is 10.2. The molecule has 0 aliphatic carbocycles. The first-order valence-electron chi connectivity index (χ1n) is 7.41. The van der Waals surface area contributed by atoms with Gasteiger partial charge in [-0.05, 0) is 44.2 Å².